The largest absolute Gasteiger partial charge is 0.484 e. The van der Waals surface area contributed by atoms with E-state index in [-0.39, 0.29) is 32.6 Å². The van der Waals surface area contributed by atoms with Gasteiger partial charge < -0.3 is 29.8 Å². The van der Waals surface area contributed by atoms with Gasteiger partial charge >= 0.3 is 0 Å². The van der Waals surface area contributed by atoms with Crippen molar-refractivity contribution in [2.75, 3.05) is 56.0 Å². The molecule has 1 saturated heterocycles. The van der Waals surface area contributed by atoms with Gasteiger partial charge in [0.2, 0.25) is 0 Å². The van der Waals surface area contributed by atoms with E-state index in [1.807, 2.05) is 24.3 Å². The monoisotopic (exact) mass is 671 g/mol. The quantitative estimate of drug-likeness (QED) is 0.260. The summed E-state index contributed by atoms with van der Waals surface area (Å²) < 4.78 is 11.1. The van der Waals surface area contributed by atoms with Gasteiger partial charge in [-0.3, -0.25) is 14.6 Å². The van der Waals surface area contributed by atoms with Crippen LogP contribution in [0.5, 0.6) is 5.75 Å². The molecule has 4 heterocycles. The number of benzene rings is 1. The number of aromatic nitrogens is 2. The smallest absolute Gasteiger partial charge is 0.251 e. The van der Waals surface area contributed by atoms with Crippen LogP contribution >= 0.6 is 25.1 Å². The third-order valence-corrected chi connectivity index (χ3v) is 9.51. The number of carbonyl (C=O) groups excluding carboxylic acids is 1. The van der Waals surface area contributed by atoms with Crippen LogP contribution in [0.1, 0.15) is 60.4 Å². The molecule has 3 aliphatic rings. The second-order valence-corrected chi connectivity index (χ2v) is 13.0. The first kappa shape index (κ1) is 34.3. The molecular formula is C33H46ClN7O4S. The summed E-state index contributed by atoms with van der Waals surface area (Å²) in [6, 6.07) is 8.54. The topological polar surface area (TPSA) is 119 Å². The lowest BCUT2D eigenvalue weighted by Crippen LogP contribution is -2.49. The molecule has 250 valence electrons. The predicted octanol–water partition coefficient (Wildman–Crippen LogP) is 4.06. The molecule has 2 aliphatic heterocycles. The zero-order valence-corrected chi connectivity index (χ0v) is 28.4. The van der Waals surface area contributed by atoms with Crippen molar-refractivity contribution in [1.29, 1.82) is 0 Å². The maximum Gasteiger partial charge on any atom is 0.251 e. The minimum absolute atomic E-state index is 0. The van der Waals surface area contributed by atoms with Crippen molar-refractivity contribution in [1.82, 2.24) is 25.1 Å². The van der Waals surface area contributed by atoms with Gasteiger partial charge in [-0.2, -0.15) is 13.5 Å². The Bertz CT molecular complexity index is 1450. The Hall–Kier alpha value is -3.03. The van der Waals surface area contributed by atoms with E-state index in [1.54, 1.807) is 6.20 Å². The summed E-state index contributed by atoms with van der Waals surface area (Å²) in [5.74, 6) is 2.61. The number of nitrogens with one attached hydrogen (secondary N) is 2. The first-order valence-corrected chi connectivity index (χ1v) is 16.5. The number of nitrogens with zero attached hydrogens (tertiary/aromatic N) is 5. The van der Waals surface area contributed by atoms with E-state index in [0.29, 0.717) is 47.3 Å². The maximum absolute atomic E-state index is 13.3. The second-order valence-electron chi connectivity index (χ2n) is 12.6. The third-order valence-electron chi connectivity index (χ3n) is 9.10. The minimum Gasteiger partial charge on any atom is -0.484 e. The summed E-state index contributed by atoms with van der Waals surface area (Å²) >= 11 is 6.69. The van der Waals surface area contributed by atoms with Crippen LogP contribution in [0.25, 0.3) is 0 Å². The maximum atomic E-state index is 13.3. The molecule has 2 aromatic heterocycles. The van der Waals surface area contributed by atoms with E-state index in [0.717, 1.165) is 74.7 Å². The Balaban J connectivity index is 0.00000417. The molecule has 2 fully saturated rings. The fourth-order valence-electron chi connectivity index (χ4n) is 6.16. The summed E-state index contributed by atoms with van der Waals surface area (Å²) in [5, 5.41) is 18.0. The molecular weight excluding hydrogens is 626 g/mol. The lowest BCUT2D eigenvalue weighted by molar-refractivity contribution is 0.0841. The summed E-state index contributed by atoms with van der Waals surface area (Å²) in [7, 11) is 0. The van der Waals surface area contributed by atoms with Crippen molar-refractivity contribution in [3.63, 3.8) is 0 Å². The van der Waals surface area contributed by atoms with Crippen molar-refractivity contribution in [2.24, 2.45) is 0 Å². The number of ether oxygens (including phenoxy) is 1. The molecule has 3 aromatic rings. The van der Waals surface area contributed by atoms with Gasteiger partial charge in [-0.25, -0.2) is 9.97 Å². The summed E-state index contributed by atoms with van der Waals surface area (Å²) in [6.45, 7) is 10.4. The van der Waals surface area contributed by atoms with Crippen molar-refractivity contribution >= 4 is 42.6 Å². The van der Waals surface area contributed by atoms with Crippen LogP contribution in [-0.4, -0.2) is 94.8 Å². The molecule has 1 atom stereocenters. The van der Waals surface area contributed by atoms with Gasteiger partial charge in [0.1, 0.15) is 24.0 Å². The lowest BCUT2D eigenvalue weighted by atomic mass is 9.93. The zero-order valence-electron chi connectivity index (χ0n) is 26.7. The number of amides is 1. The molecule has 1 amide bonds. The van der Waals surface area contributed by atoms with Crippen molar-refractivity contribution in [3.05, 3.63) is 64.3 Å². The first-order chi connectivity index (χ1) is 21.8. The summed E-state index contributed by atoms with van der Waals surface area (Å²) in [5.41, 5.74) is 2.74. The van der Waals surface area contributed by atoms with Gasteiger partial charge in [-0.05, 0) is 68.9 Å². The number of rotatable bonds is 12. The Morgan fingerprint density at radius 3 is 2.67 bits per heavy atom. The fourth-order valence-corrected chi connectivity index (χ4v) is 6.50. The van der Waals surface area contributed by atoms with E-state index >= 15 is 0 Å². The van der Waals surface area contributed by atoms with Gasteiger partial charge in [0.15, 0.2) is 12.2 Å². The average Bonchev–Trinajstić information content (AvgIpc) is 3.55. The number of fused-ring (bicyclic) bond motifs is 1. The lowest BCUT2D eigenvalue weighted by Gasteiger charge is -2.37. The number of carbonyl (C=O) groups is 1. The van der Waals surface area contributed by atoms with Gasteiger partial charge in [-0.1, -0.05) is 17.7 Å². The molecule has 6 rings (SSSR count). The number of β-amino-alcohol motifs (C(OH)–C–C–N with tert-alkyl or cyclic N) is 1. The summed E-state index contributed by atoms with van der Waals surface area (Å²) in [6.07, 6.45) is 6.49. The highest BCUT2D eigenvalue weighted by Gasteiger charge is 2.25. The van der Waals surface area contributed by atoms with Gasteiger partial charge in [-0.15, -0.1) is 0 Å². The number of hydrogen-bond donors (Lipinski definition) is 3. The van der Waals surface area contributed by atoms with E-state index in [4.69, 9.17) is 25.7 Å². The van der Waals surface area contributed by atoms with Crippen LogP contribution in [0.4, 0.5) is 11.6 Å². The molecule has 11 nitrogen and oxygen atoms in total. The highest BCUT2D eigenvalue weighted by Crippen LogP contribution is 2.34. The number of pyridine rings is 1. The Morgan fingerprint density at radius 2 is 1.98 bits per heavy atom. The SMILES string of the molecule is CC(C)N1CCN(c2cc(C(=O)NC[C@H](O)CN3CCc4c(ccc(OCc5cnco5)c4Cl)C3)cc(NC3CCC3)n2)CC1.S. The minimum atomic E-state index is -0.714. The van der Waals surface area contributed by atoms with Gasteiger partial charge in [0.05, 0.1) is 17.3 Å². The number of piperazine rings is 1. The molecule has 0 bridgehead atoms. The fraction of sp³-hybridized carbons (Fsp3) is 0.545. The number of anilines is 2. The van der Waals surface area contributed by atoms with Crippen molar-refractivity contribution in [3.8, 4) is 5.75 Å². The zero-order chi connectivity index (χ0) is 31.3. The molecule has 1 aliphatic carbocycles. The van der Waals surface area contributed by atoms with Crippen molar-refractivity contribution in [2.45, 2.75) is 70.9 Å². The first-order valence-electron chi connectivity index (χ1n) is 16.1. The third kappa shape index (κ3) is 8.46. The van der Waals surface area contributed by atoms with Crippen LogP contribution in [-0.2, 0) is 19.6 Å². The van der Waals surface area contributed by atoms with Crippen LogP contribution in [0.2, 0.25) is 5.02 Å². The highest BCUT2D eigenvalue weighted by molar-refractivity contribution is 7.59. The molecule has 1 aromatic carbocycles. The van der Waals surface area contributed by atoms with E-state index in [2.05, 4.69) is 44.2 Å². The Kier molecular flexibility index (Phi) is 11.7. The molecule has 13 heteroatoms. The summed E-state index contributed by atoms with van der Waals surface area (Å²) in [4.78, 5) is 29.1. The molecule has 0 radical (unpaired) electrons. The molecule has 46 heavy (non-hydrogen) atoms. The van der Waals surface area contributed by atoms with Crippen molar-refractivity contribution < 1.29 is 19.1 Å². The van der Waals surface area contributed by atoms with Crippen LogP contribution in [0.3, 0.4) is 0 Å². The van der Waals surface area contributed by atoms with Crippen LogP contribution in [0.15, 0.2) is 41.3 Å². The molecule has 0 spiro atoms. The van der Waals surface area contributed by atoms with Crippen LogP contribution < -0.4 is 20.3 Å². The van der Waals surface area contributed by atoms with Crippen LogP contribution in [0, 0.1) is 0 Å². The average molecular weight is 672 g/mol. The predicted molar refractivity (Wildman–Crippen MR) is 184 cm³/mol. The van der Waals surface area contributed by atoms with Gasteiger partial charge in [0, 0.05) is 70.0 Å². The number of oxazole rings is 1. The Morgan fingerprint density at radius 1 is 1.17 bits per heavy atom. The van der Waals surface area contributed by atoms with Gasteiger partial charge in [0.25, 0.3) is 5.91 Å². The number of aliphatic hydroxyl groups excluding tert-OH is 1. The second kappa shape index (κ2) is 15.7. The highest BCUT2D eigenvalue weighted by atomic mass is 35.5. The Labute approximate surface area is 283 Å². The number of hydrogen-bond acceptors (Lipinski definition) is 10. The standard InChI is InChI=1S/C33H44ClN7O4.H2S/c1-22(2)40-10-12-41(13-11-40)31-15-24(14-30(38-31)37-25-4-3-5-25)33(43)36-16-26(42)19-39-9-8-28-23(18-39)6-7-29(32(28)34)44-20-27-17-35-21-45-27;/h6-7,14-15,17,21-22,25-26,42H,3-5,8-13,16,18-20H2,1-2H3,(H,36,43)(H,37,38);1H2/t26-;/m0./s1. The molecule has 3 N–H and O–H groups in total. The molecule has 0 unspecified atom stereocenters. The normalized spacial score (nSPS) is 18.0. The van der Waals surface area contributed by atoms with E-state index in [1.165, 1.54) is 12.8 Å². The van der Waals surface area contributed by atoms with E-state index in [9.17, 15) is 9.90 Å². The number of aliphatic hydroxyl groups is 1. The molecule has 1 saturated carbocycles. The van der Waals surface area contributed by atoms with E-state index < -0.39 is 6.10 Å². The number of halogens is 1.